The van der Waals surface area contributed by atoms with Crippen LogP contribution in [0.1, 0.15) is 18.1 Å². The number of carbonyl (C=O) groups is 1. The van der Waals surface area contributed by atoms with Crippen LogP contribution in [0.2, 0.25) is 0 Å². The molecule has 0 amide bonds. The van der Waals surface area contributed by atoms with Crippen molar-refractivity contribution in [2.75, 3.05) is 13.7 Å². The van der Waals surface area contributed by atoms with Gasteiger partial charge in [0.1, 0.15) is 5.75 Å². The highest BCUT2D eigenvalue weighted by atomic mass is 19.4. The summed E-state index contributed by atoms with van der Waals surface area (Å²) in [6, 6.07) is 14.0. The average Bonchev–Trinajstić information content (AvgIpc) is 2.73. The van der Waals surface area contributed by atoms with Gasteiger partial charge in [-0.15, -0.1) is 0 Å². The summed E-state index contributed by atoms with van der Waals surface area (Å²) >= 11 is 0. The molecule has 0 aliphatic carbocycles. The second kappa shape index (κ2) is 7.94. The fourth-order valence-electron chi connectivity index (χ4n) is 2.58. The van der Waals surface area contributed by atoms with E-state index in [1.807, 2.05) is 0 Å². The number of benzene rings is 2. The van der Waals surface area contributed by atoms with Gasteiger partial charge in [0.15, 0.2) is 5.84 Å². The molecule has 6 nitrogen and oxygen atoms in total. The van der Waals surface area contributed by atoms with E-state index in [0.717, 1.165) is 0 Å². The van der Waals surface area contributed by atoms with Crippen molar-refractivity contribution in [3.05, 3.63) is 65.7 Å². The highest BCUT2D eigenvalue weighted by Crippen LogP contribution is 2.39. The van der Waals surface area contributed by atoms with E-state index in [4.69, 9.17) is 9.47 Å². The van der Waals surface area contributed by atoms with Gasteiger partial charge in [0.2, 0.25) is 5.90 Å². The highest BCUT2D eigenvalue weighted by Gasteiger charge is 2.67. The number of methoxy groups -OCH3 is 1. The highest BCUT2D eigenvalue weighted by molar-refractivity contribution is 6.12. The van der Waals surface area contributed by atoms with E-state index in [0.29, 0.717) is 11.3 Å². The van der Waals surface area contributed by atoms with E-state index >= 15 is 0 Å². The molecular formula is C20H17F3N2O4. The minimum absolute atomic E-state index is 0.215. The number of esters is 1. The lowest BCUT2D eigenvalue weighted by Gasteiger charge is -2.33. The molecule has 1 unspecified atom stereocenters. The van der Waals surface area contributed by atoms with Crippen LogP contribution >= 0.6 is 0 Å². The Morgan fingerprint density at radius 1 is 1.07 bits per heavy atom. The molecule has 0 spiro atoms. The SMILES string of the molecule is CCOC(=O)C1(C(F)(F)F)N=C(c2ccccc2)N=C(c2ccc(OC)cc2)O1. The Balaban J connectivity index is 2.18. The van der Waals surface area contributed by atoms with Crippen molar-refractivity contribution in [1.82, 2.24) is 0 Å². The molecule has 2 aromatic carbocycles. The van der Waals surface area contributed by atoms with Crippen LogP contribution in [0.25, 0.3) is 0 Å². The molecule has 1 aliphatic heterocycles. The Bertz CT molecular complexity index is 940. The zero-order valence-electron chi connectivity index (χ0n) is 15.6. The summed E-state index contributed by atoms with van der Waals surface area (Å²) < 4.78 is 57.0. The molecule has 2 aromatic rings. The smallest absolute Gasteiger partial charge is 0.463 e. The van der Waals surface area contributed by atoms with Gasteiger partial charge in [0, 0.05) is 11.1 Å². The maximum atomic E-state index is 14.1. The summed E-state index contributed by atoms with van der Waals surface area (Å²) in [5.41, 5.74) is -3.06. The second-order valence-electron chi connectivity index (χ2n) is 5.91. The van der Waals surface area contributed by atoms with Crippen LogP contribution in [-0.2, 0) is 14.3 Å². The van der Waals surface area contributed by atoms with Crippen LogP contribution in [0, 0.1) is 0 Å². The number of alkyl halides is 3. The number of amidine groups is 1. The van der Waals surface area contributed by atoms with Gasteiger partial charge >= 0.3 is 17.9 Å². The fourth-order valence-corrected chi connectivity index (χ4v) is 2.58. The van der Waals surface area contributed by atoms with Crippen LogP contribution in [0.15, 0.2) is 64.6 Å². The minimum Gasteiger partial charge on any atom is -0.497 e. The fraction of sp³-hybridized carbons (Fsp3) is 0.250. The van der Waals surface area contributed by atoms with Gasteiger partial charge in [0.25, 0.3) is 0 Å². The first kappa shape index (κ1) is 20.4. The van der Waals surface area contributed by atoms with Crippen LogP contribution in [-0.4, -0.2) is 43.3 Å². The number of carbonyl (C=O) groups excluding carboxylic acids is 1. The minimum atomic E-state index is -5.19. The Morgan fingerprint density at radius 3 is 2.28 bits per heavy atom. The number of ether oxygens (including phenoxy) is 3. The molecule has 0 saturated heterocycles. The number of nitrogens with zero attached hydrogens (tertiary/aromatic N) is 2. The van der Waals surface area contributed by atoms with Crippen molar-refractivity contribution >= 4 is 17.7 Å². The number of halogens is 3. The van der Waals surface area contributed by atoms with E-state index < -0.39 is 23.8 Å². The van der Waals surface area contributed by atoms with Crippen LogP contribution in [0.3, 0.4) is 0 Å². The molecular weight excluding hydrogens is 389 g/mol. The van der Waals surface area contributed by atoms with Gasteiger partial charge in [-0.25, -0.2) is 9.79 Å². The van der Waals surface area contributed by atoms with Gasteiger partial charge < -0.3 is 14.2 Å². The lowest BCUT2D eigenvalue weighted by atomic mass is 10.1. The number of hydrogen-bond acceptors (Lipinski definition) is 6. The lowest BCUT2D eigenvalue weighted by molar-refractivity contribution is -0.255. The Labute approximate surface area is 164 Å². The average molecular weight is 406 g/mol. The molecule has 1 aliphatic rings. The first-order valence-electron chi connectivity index (χ1n) is 8.62. The summed E-state index contributed by atoms with van der Waals surface area (Å²) in [5.74, 6) is -1.88. The molecule has 29 heavy (non-hydrogen) atoms. The first-order chi connectivity index (χ1) is 13.8. The molecule has 0 bridgehead atoms. The largest absolute Gasteiger partial charge is 0.497 e. The van der Waals surface area contributed by atoms with E-state index in [-0.39, 0.29) is 18.0 Å². The van der Waals surface area contributed by atoms with Crippen LogP contribution in [0.4, 0.5) is 13.2 Å². The van der Waals surface area contributed by atoms with Gasteiger partial charge in [-0.3, -0.25) is 0 Å². The monoisotopic (exact) mass is 406 g/mol. The van der Waals surface area contributed by atoms with E-state index in [2.05, 4.69) is 14.7 Å². The number of hydrogen-bond donors (Lipinski definition) is 0. The number of aliphatic imine (C=N–C) groups is 2. The van der Waals surface area contributed by atoms with Gasteiger partial charge in [-0.1, -0.05) is 30.3 Å². The second-order valence-corrected chi connectivity index (χ2v) is 5.91. The molecule has 0 radical (unpaired) electrons. The molecule has 0 saturated carbocycles. The van der Waals surface area contributed by atoms with E-state index in [9.17, 15) is 18.0 Å². The van der Waals surface area contributed by atoms with E-state index in [1.54, 1.807) is 18.2 Å². The number of rotatable bonds is 5. The van der Waals surface area contributed by atoms with Crippen molar-refractivity contribution in [1.29, 1.82) is 0 Å². The first-order valence-corrected chi connectivity index (χ1v) is 8.62. The third-order valence-electron chi connectivity index (χ3n) is 4.02. The molecule has 0 N–H and O–H groups in total. The maximum Gasteiger partial charge on any atom is 0.463 e. The maximum absolute atomic E-state index is 14.1. The van der Waals surface area contributed by atoms with Crippen LogP contribution in [0.5, 0.6) is 5.75 Å². The zero-order chi connectivity index (χ0) is 21.1. The van der Waals surface area contributed by atoms with Crippen molar-refractivity contribution in [2.24, 2.45) is 9.98 Å². The normalized spacial score (nSPS) is 18.9. The Hall–Kier alpha value is -3.36. The molecule has 9 heteroatoms. The Morgan fingerprint density at radius 2 is 1.72 bits per heavy atom. The van der Waals surface area contributed by atoms with Crippen molar-refractivity contribution in [3.8, 4) is 5.75 Å². The summed E-state index contributed by atoms with van der Waals surface area (Å²) in [4.78, 5) is 20.1. The third-order valence-corrected chi connectivity index (χ3v) is 4.02. The Kier molecular flexibility index (Phi) is 5.58. The lowest BCUT2D eigenvalue weighted by Crippen LogP contribution is -2.56. The summed E-state index contributed by atoms with van der Waals surface area (Å²) in [6.45, 7) is 1.12. The molecule has 152 valence electrons. The van der Waals surface area contributed by atoms with Crippen molar-refractivity contribution < 1.29 is 32.2 Å². The van der Waals surface area contributed by atoms with Crippen molar-refractivity contribution in [2.45, 2.75) is 18.8 Å². The van der Waals surface area contributed by atoms with Gasteiger partial charge in [-0.05, 0) is 31.2 Å². The van der Waals surface area contributed by atoms with Crippen LogP contribution < -0.4 is 4.74 Å². The van der Waals surface area contributed by atoms with Crippen molar-refractivity contribution in [3.63, 3.8) is 0 Å². The molecule has 0 fully saturated rings. The third kappa shape index (κ3) is 3.94. The summed E-state index contributed by atoms with van der Waals surface area (Å²) in [7, 11) is 1.46. The standard InChI is InChI=1S/C20H17F3N2O4/c1-3-28-18(26)19(20(21,22)23)25-16(13-7-5-4-6-8-13)24-17(29-19)14-9-11-15(27-2)12-10-14/h4-12H,3H2,1-2H3. The predicted molar refractivity (Wildman–Crippen MR) is 99.0 cm³/mol. The molecule has 3 rings (SSSR count). The summed E-state index contributed by atoms with van der Waals surface area (Å²) in [6.07, 6.45) is -5.19. The quantitative estimate of drug-likeness (QED) is 0.710. The van der Waals surface area contributed by atoms with E-state index in [1.165, 1.54) is 50.4 Å². The zero-order valence-corrected chi connectivity index (χ0v) is 15.6. The summed E-state index contributed by atoms with van der Waals surface area (Å²) in [5, 5.41) is 0. The van der Waals surface area contributed by atoms with Gasteiger partial charge in [-0.2, -0.15) is 18.2 Å². The molecule has 1 atom stereocenters. The van der Waals surface area contributed by atoms with Gasteiger partial charge in [0.05, 0.1) is 13.7 Å². The predicted octanol–water partition coefficient (Wildman–Crippen LogP) is 3.74. The molecule has 1 heterocycles. The topological polar surface area (TPSA) is 69.5 Å². The molecule has 0 aromatic heterocycles.